The molecule has 0 bridgehead atoms. The van der Waals surface area contributed by atoms with Gasteiger partial charge in [-0.05, 0) is 50.3 Å². The van der Waals surface area contributed by atoms with Crippen molar-refractivity contribution in [3.63, 3.8) is 0 Å². The molecule has 148 valence electrons. The zero-order valence-electron chi connectivity index (χ0n) is 16.4. The summed E-state index contributed by atoms with van der Waals surface area (Å²) in [6.07, 6.45) is 12.0. The van der Waals surface area contributed by atoms with Crippen LogP contribution in [0.4, 0.5) is 0 Å². The van der Waals surface area contributed by atoms with E-state index in [0.29, 0.717) is 18.3 Å². The number of ether oxygens (including phenoxy) is 1. The summed E-state index contributed by atoms with van der Waals surface area (Å²) in [5.74, 6) is 2.15. The Hall–Kier alpha value is -1.75. The van der Waals surface area contributed by atoms with Gasteiger partial charge < -0.3 is 9.72 Å². The molecule has 27 heavy (non-hydrogen) atoms. The van der Waals surface area contributed by atoms with Gasteiger partial charge in [0, 0.05) is 30.5 Å². The summed E-state index contributed by atoms with van der Waals surface area (Å²) in [6, 6.07) is 10.7. The van der Waals surface area contributed by atoms with Crippen LogP contribution in [-0.2, 0) is 22.4 Å². The Labute approximate surface area is 167 Å². The number of rotatable bonds is 14. The molecule has 5 heteroatoms. The molecule has 0 aliphatic heterocycles. The van der Waals surface area contributed by atoms with E-state index < -0.39 is 0 Å². The number of esters is 1. The van der Waals surface area contributed by atoms with Crippen molar-refractivity contribution in [2.75, 3.05) is 12.4 Å². The maximum Gasteiger partial charge on any atom is 0.305 e. The highest BCUT2D eigenvalue weighted by Gasteiger charge is 2.12. The highest BCUT2D eigenvalue weighted by atomic mass is 32.2. The Morgan fingerprint density at radius 2 is 2.04 bits per heavy atom. The van der Waals surface area contributed by atoms with E-state index >= 15 is 0 Å². The second kappa shape index (κ2) is 13.4. The van der Waals surface area contributed by atoms with Crippen molar-refractivity contribution in [1.29, 1.82) is 0 Å². The van der Waals surface area contributed by atoms with E-state index in [4.69, 9.17) is 4.74 Å². The van der Waals surface area contributed by atoms with Crippen LogP contribution in [0.15, 0.2) is 42.7 Å². The van der Waals surface area contributed by atoms with Crippen LogP contribution in [0.2, 0.25) is 0 Å². The summed E-state index contributed by atoms with van der Waals surface area (Å²) in [6.45, 7) is 2.33. The summed E-state index contributed by atoms with van der Waals surface area (Å²) >= 11 is 2.05. The van der Waals surface area contributed by atoms with E-state index in [2.05, 4.69) is 40.3 Å². The third kappa shape index (κ3) is 9.66. The minimum atomic E-state index is -0.0678. The van der Waals surface area contributed by atoms with E-state index in [0.717, 1.165) is 43.7 Å². The second-order valence-electron chi connectivity index (χ2n) is 6.73. The summed E-state index contributed by atoms with van der Waals surface area (Å²) in [5.41, 5.74) is 1.42. The van der Waals surface area contributed by atoms with Crippen LogP contribution in [0.5, 0.6) is 0 Å². The van der Waals surface area contributed by atoms with Gasteiger partial charge in [-0.2, -0.15) is 11.8 Å². The van der Waals surface area contributed by atoms with E-state index in [9.17, 15) is 4.79 Å². The lowest BCUT2D eigenvalue weighted by Crippen LogP contribution is -2.10. The molecule has 0 radical (unpaired) electrons. The number of hydrogen-bond donors (Lipinski definition) is 1. The first-order chi connectivity index (χ1) is 13.3. The number of nitrogens with zero attached hydrogens (tertiary/aromatic N) is 1. The van der Waals surface area contributed by atoms with Crippen molar-refractivity contribution in [3.05, 3.63) is 54.1 Å². The Balaban J connectivity index is 1.66. The third-order valence-electron chi connectivity index (χ3n) is 4.49. The van der Waals surface area contributed by atoms with Gasteiger partial charge in [0.25, 0.3) is 0 Å². The number of nitrogens with one attached hydrogen (secondary N) is 1. The first-order valence-electron chi connectivity index (χ1n) is 10.1. The van der Waals surface area contributed by atoms with Crippen LogP contribution in [0.3, 0.4) is 0 Å². The fourth-order valence-corrected chi connectivity index (χ4v) is 4.39. The van der Waals surface area contributed by atoms with Crippen LogP contribution >= 0.6 is 11.8 Å². The predicted molar refractivity (Wildman–Crippen MR) is 113 cm³/mol. The SMILES string of the molecule is CCOC(=O)CCCCCSC(CCCc1ccccc1)Cc1ncc[nH]1. The van der Waals surface area contributed by atoms with Gasteiger partial charge in [0.1, 0.15) is 5.82 Å². The Bertz CT molecular complexity index is 617. The second-order valence-corrected chi connectivity index (χ2v) is 8.13. The average molecular weight is 389 g/mol. The minimum absolute atomic E-state index is 0.0678. The average Bonchev–Trinajstić information content (AvgIpc) is 3.18. The number of imidazole rings is 1. The van der Waals surface area contributed by atoms with E-state index in [1.54, 1.807) is 0 Å². The maximum atomic E-state index is 11.4. The van der Waals surface area contributed by atoms with Gasteiger partial charge in [-0.1, -0.05) is 36.8 Å². The smallest absolute Gasteiger partial charge is 0.305 e. The quantitative estimate of drug-likeness (QED) is 0.357. The molecule has 4 nitrogen and oxygen atoms in total. The number of carbonyl (C=O) groups is 1. The lowest BCUT2D eigenvalue weighted by Gasteiger charge is -2.15. The topological polar surface area (TPSA) is 55.0 Å². The van der Waals surface area contributed by atoms with E-state index in [1.807, 2.05) is 31.1 Å². The Kier molecular flexibility index (Phi) is 10.7. The molecule has 0 spiro atoms. The highest BCUT2D eigenvalue weighted by Crippen LogP contribution is 2.23. The molecule has 1 aromatic carbocycles. The normalized spacial score (nSPS) is 12.0. The van der Waals surface area contributed by atoms with Gasteiger partial charge in [-0.15, -0.1) is 0 Å². The van der Waals surface area contributed by atoms with Crippen molar-refractivity contribution in [2.45, 2.75) is 63.5 Å². The minimum Gasteiger partial charge on any atom is -0.466 e. The molecule has 1 aromatic heterocycles. The summed E-state index contributed by atoms with van der Waals surface area (Å²) in [5, 5.41) is 0.588. The Morgan fingerprint density at radius 1 is 1.19 bits per heavy atom. The molecule has 1 N–H and O–H groups in total. The van der Waals surface area contributed by atoms with Crippen LogP contribution in [0.1, 0.15) is 56.8 Å². The summed E-state index contributed by atoms with van der Waals surface area (Å²) in [7, 11) is 0. The van der Waals surface area contributed by atoms with Crippen LogP contribution in [0, 0.1) is 0 Å². The molecule has 0 fully saturated rings. The van der Waals surface area contributed by atoms with Gasteiger partial charge >= 0.3 is 5.97 Å². The Morgan fingerprint density at radius 3 is 2.78 bits per heavy atom. The van der Waals surface area contributed by atoms with Gasteiger partial charge in [-0.25, -0.2) is 4.98 Å². The van der Waals surface area contributed by atoms with Crippen molar-refractivity contribution < 1.29 is 9.53 Å². The van der Waals surface area contributed by atoms with Gasteiger partial charge in [0.15, 0.2) is 0 Å². The monoisotopic (exact) mass is 388 g/mol. The van der Waals surface area contributed by atoms with Crippen molar-refractivity contribution in [2.24, 2.45) is 0 Å². The molecule has 0 amide bonds. The fourth-order valence-electron chi connectivity index (χ4n) is 3.08. The molecule has 2 aromatic rings. The molecule has 0 saturated carbocycles. The van der Waals surface area contributed by atoms with Crippen LogP contribution < -0.4 is 0 Å². The number of aryl methyl sites for hydroxylation is 1. The maximum absolute atomic E-state index is 11.4. The standard InChI is InChI=1S/C22H32N2O2S/c1-2-26-22(25)14-7-4-8-17-27-20(18-21-23-15-16-24-21)13-9-12-19-10-5-3-6-11-19/h3,5-6,10-11,15-16,20H,2,4,7-9,12-14,17-18H2,1H3,(H,23,24). The molecule has 1 heterocycles. The molecule has 0 aliphatic carbocycles. The predicted octanol–water partition coefficient (Wildman–Crippen LogP) is 5.20. The third-order valence-corrected chi connectivity index (χ3v) is 5.89. The number of H-pyrrole nitrogens is 1. The van der Waals surface area contributed by atoms with E-state index in [1.165, 1.54) is 18.4 Å². The summed E-state index contributed by atoms with van der Waals surface area (Å²) < 4.78 is 4.97. The first kappa shape index (κ1) is 21.5. The van der Waals surface area contributed by atoms with Crippen LogP contribution in [-0.4, -0.2) is 33.5 Å². The molecular formula is C22H32N2O2S. The number of aromatic amines is 1. The number of carbonyl (C=O) groups excluding carboxylic acids is 1. The van der Waals surface area contributed by atoms with Crippen molar-refractivity contribution in [1.82, 2.24) is 9.97 Å². The zero-order chi connectivity index (χ0) is 19.2. The van der Waals surface area contributed by atoms with Crippen molar-refractivity contribution in [3.8, 4) is 0 Å². The fraction of sp³-hybridized carbons (Fsp3) is 0.545. The van der Waals surface area contributed by atoms with Gasteiger partial charge in [-0.3, -0.25) is 4.79 Å². The lowest BCUT2D eigenvalue weighted by atomic mass is 10.1. The lowest BCUT2D eigenvalue weighted by molar-refractivity contribution is -0.143. The highest BCUT2D eigenvalue weighted by molar-refractivity contribution is 7.99. The number of aromatic nitrogens is 2. The first-order valence-corrected chi connectivity index (χ1v) is 11.1. The molecule has 2 rings (SSSR count). The molecule has 1 atom stereocenters. The number of hydrogen-bond acceptors (Lipinski definition) is 4. The number of thioether (sulfide) groups is 1. The molecule has 0 saturated heterocycles. The molecule has 0 aliphatic rings. The number of unbranched alkanes of at least 4 members (excludes halogenated alkanes) is 2. The van der Waals surface area contributed by atoms with E-state index in [-0.39, 0.29) is 5.97 Å². The largest absolute Gasteiger partial charge is 0.466 e. The number of benzene rings is 1. The van der Waals surface area contributed by atoms with Gasteiger partial charge in [0.05, 0.1) is 6.61 Å². The summed E-state index contributed by atoms with van der Waals surface area (Å²) in [4.78, 5) is 19.0. The van der Waals surface area contributed by atoms with Crippen LogP contribution in [0.25, 0.3) is 0 Å². The van der Waals surface area contributed by atoms with Gasteiger partial charge in [0.2, 0.25) is 0 Å². The zero-order valence-corrected chi connectivity index (χ0v) is 17.2. The molecule has 1 unspecified atom stereocenters. The molecular weight excluding hydrogens is 356 g/mol. The van der Waals surface area contributed by atoms with Crippen molar-refractivity contribution >= 4 is 17.7 Å².